The highest BCUT2D eigenvalue weighted by atomic mass is 19.1. The Hall–Kier alpha value is -8.28. The predicted octanol–water partition coefficient (Wildman–Crippen LogP) is 10.2. The van der Waals surface area contributed by atoms with Crippen molar-refractivity contribution in [3.8, 4) is 22.3 Å². The molecule has 9 N–H and O–H groups in total. The van der Waals surface area contributed by atoms with Crippen LogP contribution in [0.1, 0.15) is 112 Å². The Labute approximate surface area is 459 Å². The topological polar surface area (TPSA) is 263 Å². The SMILES string of the molecule is C.CCC[C@H](CC(=O)OCC1c2ccccc2-c2ccccc21)C(=O)N[C@@](C)(Cc1ccccc1F)C(=O)O.CCC[C@H](NC(=O)OCC1c2ccccc2-c2ccccc21)C(=O)O.C[C@](N)(Cc1ccccc1F)C(=O)O.O. The quantitative estimate of drug-likeness (QED) is 0.0390. The lowest BCUT2D eigenvalue weighted by atomic mass is 9.90. The number of carboxylic acid groups (broad SMARTS) is 3. The molecule has 2 aliphatic carbocycles. The molecule has 0 fully saturated rings. The number of carbonyl (C=O) groups is 6. The number of carboxylic acids is 3. The fourth-order valence-corrected chi connectivity index (χ4v) is 9.56. The summed E-state index contributed by atoms with van der Waals surface area (Å²) in [6, 6.07) is 43.2. The van der Waals surface area contributed by atoms with E-state index >= 15 is 0 Å². The molecule has 6 aromatic carbocycles. The third-order valence-electron chi connectivity index (χ3n) is 13.7. The molecule has 0 heterocycles. The Kier molecular flexibility index (Phi) is 23.1. The number of alkyl carbamates (subject to hydrolysis) is 1. The highest BCUT2D eigenvalue weighted by Gasteiger charge is 2.39. The van der Waals surface area contributed by atoms with Crippen LogP contribution in [0.4, 0.5) is 13.6 Å². The average molecular weight is 1090 g/mol. The normalized spacial score (nSPS) is 14.0. The number of hydrogen-bond donors (Lipinski definition) is 6. The first-order valence-corrected chi connectivity index (χ1v) is 25.5. The number of rotatable bonds is 20. The first kappa shape index (κ1) is 63.3. The van der Waals surface area contributed by atoms with Crippen molar-refractivity contribution in [2.45, 2.75) is 109 Å². The number of amides is 2. The lowest BCUT2D eigenvalue weighted by molar-refractivity contribution is -0.150. The molecule has 0 aromatic heterocycles. The van der Waals surface area contributed by atoms with Crippen molar-refractivity contribution in [2.75, 3.05) is 13.2 Å². The number of ether oxygens (including phenoxy) is 2. The second-order valence-electron chi connectivity index (χ2n) is 19.6. The number of fused-ring (bicyclic) bond motifs is 6. The fourth-order valence-electron chi connectivity index (χ4n) is 9.56. The van der Waals surface area contributed by atoms with E-state index in [1.165, 1.54) is 44.2 Å². The van der Waals surface area contributed by atoms with E-state index in [0.717, 1.165) is 44.5 Å². The van der Waals surface area contributed by atoms with Gasteiger partial charge in [0.05, 0.1) is 6.42 Å². The second-order valence-corrected chi connectivity index (χ2v) is 19.6. The van der Waals surface area contributed by atoms with Crippen LogP contribution < -0.4 is 16.4 Å². The summed E-state index contributed by atoms with van der Waals surface area (Å²) in [5.41, 5.74) is 11.8. The number of nitrogens with two attached hydrogens (primary N) is 1. The summed E-state index contributed by atoms with van der Waals surface area (Å²) >= 11 is 0. The summed E-state index contributed by atoms with van der Waals surface area (Å²) in [6.45, 7) is 6.78. The van der Waals surface area contributed by atoms with Gasteiger partial charge < -0.3 is 46.6 Å². The van der Waals surface area contributed by atoms with Crippen LogP contribution in [0.25, 0.3) is 22.3 Å². The van der Waals surface area contributed by atoms with Crippen molar-refractivity contribution in [2.24, 2.45) is 11.7 Å². The number of nitrogens with one attached hydrogen (secondary N) is 2. The van der Waals surface area contributed by atoms with Crippen molar-refractivity contribution in [3.05, 3.63) is 191 Å². The van der Waals surface area contributed by atoms with E-state index in [9.17, 15) is 42.7 Å². The van der Waals surface area contributed by atoms with Gasteiger partial charge >= 0.3 is 30.0 Å². The summed E-state index contributed by atoms with van der Waals surface area (Å²) in [4.78, 5) is 72.0. The molecule has 79 heavy (non-hydrogen) atoms. The van der Waals surface area contributed by atoms with Crippen molar-refractivity contribution in [1.29, 1.82) is 0 Å². The van der Waals surface area contributed by atoms with Gasteiger partial charge in [-0.1, -0.05) is 168 Å². The molecule has 0 unspecified atom stereocenters. The minimum atomic E-state index is -1.74. The highest BCUT2D eigenvalue weighted by molar-refractivity contribution is 5.90. The summed E-state index contributed by atoms with van der Waals surface area (Å²) in [5, 5.41) is 32.7. The van der Waals surface area contributed by atoms with Crippen molar-refractivity contribution in [3.63, 3.8) is 0 Å². The first-order valence-electron chi connectivity index (χ1n) is 25.5. The van der Waals surface area contributed by atoms with Gasteiger partial charge in [0.1, 0.15) is 42.0 Å². The molecule has 420 valence electrons. The molecule has 0 spiro atoms. The maximum absolute atomic E-state index is 14.2. The van der Waals surface area contributed by atoms with E-state index in [-0.39, 0.29) is 62.8 Å². The molecule has 15 nitrogen and oxygen atoms in total. The van der Waals surface area contributed by atoms with Gasteiger partial charge in [0.15, 0.2) is 0 Å². The maximum atomic E-state index is 14.2. The third-order valence-corrected chi connectivity index (χ3v) is 13.7. The molecule has 8 rings (SSSR count). The van der Waals surface area contributed by atoms with Crippen LogP contribution in [0.15, 0.2) is 146 Å². The van der Waals surface area contributed by atoms with Gasteiger partial charge in [0, 0.05) is 30.6 Å². The smallest absolute Gasteiger partial charge is 0.407 e. The minimum absolute atomic E-state index is 0. The van der Waals surface area contributed by atoms with Gasteiger partial charge in [-0.3, -0.25) is 14.4 Å². The third kappa shape index (κ3) is 16.1. The first-order chi connectivity index (χ1) is 36.8. The van der Waals surface area contributed by atoms with E-state index in [4.69, 9.17) is 25.4 Å². The molecule has 6 aromatic rings. The van der Waals surface area contributed by atoms with E-state index < -0.39 is 70.5 Å². The van der Waals surface area contributed by atoms with E-state index in [1.54, 1.807) is 18.2 Å². The van der Waals surface area contributed by atoms with Crippen LogP contribution >= 0.6 is 0 Å². The van der Waals surface area contributed by atoms with Crippen molar-refractivity contribution >= 4 is 35.9 Å². The number of halogens is 2. The van der Waals surface area contributed by atoms with E-state index in [0.29, 0.717) is 31.2 Å². The molecule has 0 bridgehead atoms. The molecule has 0 aliphatic heterocycles. The Bertz CT molecular complexity index is 2980. The monoisotopic (exact) mass is 1090 g/mol. The molecular formula is C62H71F2N3O12. The summed E-state index contributed by atoms with van der Waals surface area (Å²) < 4.78 is 38.4. The molecule has 0 saturated carbocycles. The molecule has 17 heteroatoms. The fraction of sp³-hybridized carbons (Fsp3) is 0.323. The number of carbonyl (C=O) groups excluding carboxylic acids is 3. The van der Waals surface area contributed by atoms with Crippen LogP contribution in [0, 0.1) is 17.6 Å². The van der Waals surface area contributed by atoms with Gasteiger partial charge in [-0.05, 0) is 94.5 Å². The summed E-state index contributed by atoms with van der Waals surface area (Å²) in [7, 11) is 0. The number of hydrogen-bond acceptors (Lipinski definition) is 9. The van der Waals surface area contributed by atoms with Gasteiger partial charge in [-0.25, -0.2) is 23.2 Å². The molecule has 0 radical (unpaired) electrons. The predicted molar refractivity (Wildman–Crippen MR) is 297 cm³/mol. The number of aliphatic carboxylic acids is 3. The highest BCUT2D eigenvalue weighted by Crippen LogP contribution is 2.46. The lowest BCUT2D eigenvalue weighted by Crippen LogP contribution is -2.55. The van der Waals surface area contributed by atoms with Crippen LogP contribution in [-0.2, 0) is 46.3 Å². The zero-order valence-corrected chi connectivity index (χ0v) is 44.0. The van der Waals surface area contributed by atoms with Gasteiger partial charge in [-0.2, -0.15) is 0 Å². The van der Waals surface area contributed by atoms with Gasteiger partial charge in [0.2, 0.25) is 5.91 Å². The molecule has 2 aliphatic rings. The van der Waals surface area contributed by atoms with Crippen LogP contribution in [0.2, 0.25) is 0 Å². The van der Waals surface area contributed by atoms with E-state index in [2.05, 4.69) is 34.9 Å². The molecule has 4 atom stereocenters. The Morgan fingerprint density at radius 1 is 0.582 bits per heavy atom. The minimum Gasteiger partial charge on any atom is -0.480 e. The zero-order valence-electron chi connectivity index (χ0n) is 44.0. The zero-order chi connectivity index (χ0) is 55.9. The van der Waals surface area contributed by atoms with Gasteiger partial charge in [-0.15, -0.1) is 0 Å². The average Bonchev–Trinajstić information content (AvgIpc) is 3.93. The van der Waals surface area contributed by atoms with Crippen LogP contribution in [-0.4, -0.2) is 87.0 Å². The largest absolute Gasteiger partial charge is 0.480 e. The summed E-state index contributed by atoms with van der Waals surface area (Å²) in [5.74, 6) is -6.43. The Balaban J connectivity index is 0.000000281. The lowest BCUT2D eigenvalue weighted by Gasteiger charge is -2.29. The summed E-state index contributed by atoms with van der Waals surface area (Å²) in [6.07, 6.45) is 0.921. The van der Waals surface area contributed by atoms with Crippen LogP contribution in [0.3, 0.4) is 0 Å². The molecule has 0 saturated heterocycles. The Morgan fingerprint density at radius 2 is 0.975 bits per heavy atom. The second kappa shape index (κ2) is 28.9. The molecular weight excluding hydrogens is 1020 g/mol. The Morgan fingerprint density at radius 3 is 1.37 bits per heavy atom. The van der Waals surface area contributed by atoms with Crippen molar-refractivity contribution < 1.29 is 67.8 Å². The molecule has 2 amide bonds. The number of esters is 1. The van der Waals surface area contributed by atoms with Crippen molar-refractivity contribution in [1.82, 2.24) is 10.6 Å². The standard InChI is InChI=1S/C31H32FNO5.C20H21NO4.C10H12FNO2.CH4.H2O/c1-3-10-20(29(35)33-31(2,30(36)37)18-21-11-4-9-16-27(21)32)17-28(34)38-19-26-24-14-7-5-12-22(24)23-13-6-8-15-25(23)26;1-2-7-18(19(22)23)21-20(24)25-12-17-15-10-5-3-8-13(15)14-9-4-6-11-16(14)17;1-10(12,9(13)14)6-7-4-2-3-5-8(7)11;;/h4-9,11-16,20,26H,3,10,17-19H2,1-2H3,(H,33,35)(H,36,37);3-6,8-11,17-18H,2,7,12H2,1H3,(H,21,24)(H,22,23);2-5H,6,12H2,1H3,(H,13,14);1H4;1H2/t20-,31+;18-;10-;;/m100../s1. The van der Waals surface area contributed by atoms with E-state index in [1.807, 2.05) is 86.6 Å². The van der Waals surface area contributed by atoms with Gasteiger partial charge in [0.25, 0.3) is 0 Å². The van der Waals surface area contributed by atoms with Crippen LogP contribution in [0.5, 0.6) is 0 Å². The number of benzene rings is 6. The maximum Gasteiger partial charge on any atom is 0.407 e.